The summed E-state index contributed by atoms with van der Waals surface area (Å²) in [7, 11) is 0. The van der Waals surface area contributed by atoms with Gasteiger partial charge in [0.15, 0.2) is 0 Å². The summed E-state index contributed by atoms with van der Waals surface area (Å²) in [5, 5.41) is 5.91. The zero-order valence-electron chi connectivity index (χ0n) is 16.3. The highest BCUT2D eigenvalue weighted by atomic mass is 32.1. The molecule has 0 spiro atoms. The van der Waals surface area contributed by atoms with Crippen molar-refractivity contribution < 1.29 is 9.59 Å². The summed E-state index contributed by atoms with van der Waals surface area (Å²) in [6.45, 7) is 4.47. The fourth-order valence-electron chi connectivity index (χ4n) is 3.36. The molecule has 0 bridgehead atoms. The van der Waals surface area contributed by atoms with Gasteiger partial charge >= 0.3 is 0 Å². The first kappa shape index (κ1) is 23.1. The van der Waals surface area contributed by atoms with E-state index in [-0.39, 0.29) is 30.9 Å². The van der Waals surface area contributed by atoms with Crippen LogP contribution in [0.15, 0.2) is 30.3 Å². The minimum absolute atomic E-state index is 0.0229. The number of amides is 2. The van der Waals surface area contributed by atoms with Gasteiger partial charge in [0.1, 0.15) is 0 Å². The highest BCUT2D eigenvalue weighted by molar-refractivity contribution is 7.80. The molecule has 2 amide bonds. The Bertz CT molecular complexity index is 595. The van der Waals surface area contributed by atoms with Crippen LogP contribution < -0.4 is 10.6 Å². The number of likely N-dealkylation sites (tertiary alicyclic amines) is 1. The van der Waals surface area contributed by atoms with Crippen molar-refractivity contribution in [3.8, 4) is 0 Å². The lowest BCUT2D eigenvalue weighted by molar-refractivity contribution is -0.125. The molecule has 0 aromatic heterocycles. The van der Waals surface area contributed by atoms with Gasteiger partial charge in [-0.05, 0) is 18.4 Å². The van der Waals surface area contributed by atoms with Gasteiger partial charge in [-0.15, -0.1) is 0 Å². The van der Waals surface area contributed by atoms with E-state index in [1.54, 1.807) is 0 Å². The number of hydrogen-bond donors (Lipinski definition) is 4. The Morgan fingerprint density at radius 3 is 2.36 bits per heavy atom. The van der Waals surface area contributed by atoms with E-state index in [1.165, 1.54) is 5.56 Å². The smallest absolute Gasteiger partial charge is 0.234 e. The largest absolute Gasteiger partial charge is 0.354 e. The number of piperidine rings is 1. The monoisotopic (exact) mass is 424 g/mol. The third-order valence-electron chi connectivity index (χ3n) is 4.79. The lowest BCUT2D eigenvalue weighted by atomic mass is 10.0. The molecule has 1 aliphatic heterocycles. The van der Waals surface area contributed by atoms with Crippen LogP contribution in [0, 0.1) is 0 Å². The molecule has 156 valence electrons. The predicted octanol–water partition coefficient (Wildman–Crippen LogP) is 1.05. The van der Waals surface area contributed by atoms with Crippen molar-refractivity contribution in [1.82, 2.24) is 20.4 Å². The van der Waals surface area contributed by atoms with E-state index in [0.717, 1.165) is 32.5 Å². The van der Waals surface area contributed by atoms with Crippen LogP contribution in [-0.2, 0) is 16.1 Å². The second-order valence-electron chi connectivity index (χ2n) is 7.11. The molecule has 8 heteroatoms. The number of nitrogens with one attached hydrogen (secondary N) is 2. The molecule has 1 aromatic carbocycles. The van der Waals surface area contributed by atoms with E-state index < -0.39 is 0 Å². The zero-order chi connectivity index (χ0) is 20.2. The van der Waals surface area contributed by atoms with Crippen LogP contribution in [0.4, 0.5) is 0 Å². The van der Waals surface area contributed by atoms with Gasteiger partial charge in [0.2, 0.25) is 11.8 Å². The van der Waals surface area contributed by atoms with Crippen LogP contribution in [0.1, 0.15) is 18.4 Å². The summed E-state index contributed by atoms with van der Waals surface area (Å²) in [6, 6.07) is 10.7. The molecule has 1 aromatic rings. The molecule has 1 saturated heterocycles. The standard InChI is InChI=1S/C20H32N4O2S2/c25-19(21-8-12-27)15-24(11-13-28)16-20(26)22-18-6-9-23(10-7-18)14-17-4-2-1-3-5-17/h1-5,18,27-28H,6-16H2,(H,21,25)(H,22,26). The topological polar surface area (TPSA) is 64.7 Å². The van der Waals surface area contributed by atoms with Crippen LogP contribution in [0.25, 0.3) is 0 Å². The Morgan fingerprint density at radius 2 is 1.71 bits per heavy atom. The molecule has 1 fully saturated rings. The van der Waals surface area contributed by atoms with Gasteiger partial charge < -0.3 is 10.6 Å². The van der Waals surface area contributed by atoms with Gasteiger partial charge in [-0.2, -0.15) is 25.3 Å². The van der Waals surface area contributed by atoms with E-state index in [9.17, 15) is 9.59 Å². The number of benzene rings is 1. The molecule has 0 radical (unpaired) electrons. The number of hydrogen-bond acceptors (Lipinski definition) is 6. The number of carbonyl (C=O) groups is 2. The maximum atomic E-state index is 12.4. The van der Waals surface area contributed by atoms with Crippen LogP contribution in [0.5, 0.6) is 0 Å². The normalized spacial score (nSPS) is 15.5. The average molecular weight is 425 g/mol. The van der Waals surface area contributed by atoms with Crippen LogP contribution in [0.3, 0.4) is 0 Å². The highest BCUT2D eigenvalue weighted by Gasteiger charge is 2.22. The Balaban J connectivity index is 1.70. The Morgan fingerprint density at radius 1 is 1.04 bits per heavy atom. The summed E-state index contributed by atoms with van der Waals surface area (Å²) in [4.78, 5) is 28.6. The number of rotatable bonds is 11. The van der Waals surface area contributed by atoms with Crippen molar-refractivity contribution >= 4 is 37.1 Å². The average Bonchev–Trinajstić information content (AvgIpc) is 2.69. The van der Waals surface area contributed by atoms with Crippen molar-refractivity contribution in [2.24, 2.45) is 0 Å². The van der Waals surface area contributed by atoms with E-state index >= 15 is 0 Å². The van der Waals surface area contributed by atoms with Gasteiger partial charge in [0, 0.05) is 50.3 Å². The van der Waals surface area contributed by atoms with Gasteiger partial charge in [-0.25, -0.2) is 0 Å². The van der Waals surface area contributed by atoms with Crippen molar-refractivity contribution in [2.75, 3.05) is 50.8 Å². The van der Waals surface area contributed by atoms with Crippen molar-refractivity contribution in [1.29, 1.82) is 0 Å². The first-order valence-electron chi connectivity index (χ1n) is 9.87. The third-order valence-corrected chi connectivity index (χ3v) is 5.21. The molecule has 0 atom stereocenters. The quantitative estimate of drug-likeness (QED) is 0.401. The van der Waals surface area contributed by atoms with E-state index in [2.05, 4.69) is 65.1 Å². The van der Waals surface area contributed by atoms with Gasteiger partial charge in [0.05, 0.1) is 13.1 Å². The second-order valence-corrected chi connectivity index (χ2v) is 8.01. The maximum absolute atomic E-state index is 12.4. The van der Waals surface area contributed by atoms with Gasteiger partial charge in [-0.3, -0.25) is 19.4 Å². The van der Waals surface area contributed by atoms with Crippen LogP contribution in [-0.4, -0.2) is 78.4 Å². The number of thiol groups is 2. The number of nitrogens with zero attached hydrogens (tertiary/aromatic N) is 2. The Kier molecular flexibility index (Phi) is 10.8. The summed E-state index contributed by atoms with van der Waals surface area (Å²) in [5.74, 6) is 1.09. The fraction of sp³-hybridized carbons (Fsp3) is 0.600. The molecular formula is C20H32N4O2S2. The molecule has 2 N–H and O–H groups in total. The minimum Gasteiger partial charge on any atom is -0.354 e. The molecule has 1 aliphatic rings. The highest BCUT2D eigenvalue weighted by Crippen LogP contribution is 2.13. The molecule has 28 heavy (non-hydrogen) atoms. The summed E-state index contributed by atoms with van der Waals surface area (Å²) >= 11 is 8.32. The predicted molar refractivity (Wildman–Crippen MR) is 120 cm³/mol. The SMILES string of the molecule is O=C(CN(CCS)CC(=O)NC1CCN(Cc2ccccc2)CC1)NCCS. The molecule has 0 aliphatic carbocycles. The van der Waals surface area contributed by atoms with Crippen molar-refractivity contribution in [3.63, 3.8) is 0 Å². The van der Waals surface area contributed by atoms with Gasteiger partial charge in [-0.1, -0.05) is 30.3 Å². The molecular weight excluding hydrogens is 392 g/mol. The van der Waals surface area contributed by atoms with Gasteiger partial charge in [0.25, 0.3) is 0 Å². The molecule has 0 unspecified atom stereocenters. The third kappa shape index (κ3) is 8.86. The lowest BCUT2D eigenvalue weighted by Gasteiger charge is -2.32. The molecule has 0 saturated carbocycles. The van der Waals surface area contributed by atoms with Crippen molar-refractivity contribution in [2.45, 2.75) is 25.4 Å². The Hall–Kier alpha value is -1.22. The van der Waals surface area contributed by atoms with E-state index in [1.807, 2.05) is 11.0 Å². The summed E-state index contributed by atoms with van der Waals surface area (Å²) < 4.78 is 0. The minimum atomic E-state index is -0.0853. The first-order chi connectivity index (χ1) is 13.6. The lowest BCUT2D eigenvalue weighted by Crippen LogP contribution is -2.49. The summed E-state index contributed by atoms with van der Waals surface area (Å²) in [5.41, 5.74) is 1.32. The Labute approximate surface area is 179 Å². The van der Waals surface area contributed by atoms with Crippen LogP contribution >= 0.6 is 25.3 Å². The van der Waals surface area contributed by atoms with Crippen LogP contribution in [0.2, 0.25) is 0 Å². The summed E-state index contributed by atoms with van der Waals surface area (Å²) in [6.07, 6.45) is 1.90. The first-order valence-corrected chi connectivity index (χ1v) is 11.1. The van der Waals surface area contributed by atoms with E-state index in [4.69, 9.17) is 0 Å². The fourth-order valence-corrected chi connectivity index (χ4v) is 3.76. The maximum Gasteiger partial charge on any atom is 0.234 e. The molecule has 6 nitrogen and oxygen atoms in total. The second kappa shape index (κ2) is 13.1. The molecule has 2 rings (SSSR count). The zero-order valence-corrected chi connectivity index (χ0v) is 18.1. The van der Waals surface area contributed by atoms with E-state index in [0.29, 0.717) is 24.6 Å². The number of carbonyl (C=O) groups excluding carboxylic acids is 2. The van der Waals surface area contributed by atoms with Crippen molar-refractivity contribution in [3.05, 3.63) is 35.9 Å². The molecule has 1 heterocycles.